The predicted octanol–water partition coefficient (Wildman–Crippen LogP) is 2.54. The molecule has 0 saturated heterocycles. The molecule has 110 valence electrons. The van der Waals surface area contributed by atoms with Gasteiger partial charge in [-0.25, -0.2) is 0 Å². The number of phenols is 2. The first-order valence-corrected chi connectivity index (χ1v) is 7.09. The highest BCUT2D eigenvalue weighted by atomic mass is 16.5. The fraction of sp³-hybridized carbons (Fsp3) is 0.294. The summed E-state index contributed by atoms with van der Waals surface area (Å²) in [7, 11) is 1.56. The Hall–Kier alpha value is -2.20. The molecule has 21 heavy (non-hydrogen) atoms. The van der Waals surface area contributed by atoms with E-state index in [2.05, 4.69) is 5.32 Å². The summed E-state index contributed by atoms with van der Waals surface area (Å²) in [5, 5.41) is 23.2. The summed E-state index contributed by atoms with van der Waals surface area (Å²) in [5.74, 6) is 0.999. The lowest BCUT2D eigenvalue weighted by atomic mass is 9.89. The molecule has 0 fully saturated rings. The van der Waals surface area contributed by atoms with Crippen molar-refractivity contribution in [2.24, 2.45) is 0 Å². The van der Waals surface area contributed by atoms with Gasteiger partial charge in [-0.2, -0.15) is 0 Å². The molecule has 1 atom stereocenters. The van der Waals surface area contributed by atoms with Crippen LogP contribution in [0.5, 0.6) is 17.2 Å². The Morgan fingerprint density at radius 3 is 2.62 bits per heavy atom. The van der Waals surface area contributed by atoms with Crippen LogP contribution in [0.3, 0.4) is 0 Å². The van der Waals surface area contributed by atoms with Gasteiger partial charge in [-0.1, -0.05) is 18.2 Å². The number of methoxy groups -OCH3 is 1. The van der Waals surface area contributed by atoms with Crippen LogP contribution in [-0.2, 0) is 12.8 Å². The van der Waals surface area contributed by atoms with Crippen molar-refractivity contribution in [3.63, 3.8) is 0 Å². The number of fused-ring (bicyclic) bond motifs is 1. The van der Waals surface area contributed by atoms with E-state index in [9.17, 15) is 10.2 Å². The molecule has 3 N–H and O–H groups in total. The lowest BCUT2D eigenvalue weighted by Gasteiger charge is -2.28. The van der Waals surface area contributed by atoms with Crippen molar-refractivity contribution in [1.29, 1.82) is 0 Å². The van der Waals surface area contributed by atoms with E-state index in [1.807, 2.05) is 24.3 Å². The summed E-state index contributed by atoms with van der Waals surface area (Å²) in [6, 6.07) is 11.1. The molecule has 2 aromatic rings. The predicted molar refractivity (Wildman–Crippen MR) is 80.9 cm³/mol. The maximum atomic E-state index is 10.4. The minimum atomic E-state index is 0.0494. The minimum Gasteiger partial charge on any atom is -0.508 e. The van der Waals surface area contributed by atoms with Gasteiger partial charge in [0.1, 0.15) is 5.75 Å². The van der Waals surface area contributed by atoms with Gasteiger partial charge in [-0.3, -0.25) is 0 Å². The Kier molecular flexibility index (Phi) is 3.71. The van der Waals surface area contributed by atoms with Crippen molar-refractivity contribution in [2.75, 3.05) is 13.7 Å². The first-order valence-electron chi connectivity index (χ1n) is 7.09. The molecule has 0 radical (unpaired) electrons. The van der Waals surface area contributed by atoms with Crippen molar-refractivity contribution in [1.82, 2.24) is 5.32 Å². The molecule has 0 aromatic heterocycles. The summed E-state index contributed by atoms with van der Waals surface area (Å²) in [6.07, 6.45) is 1.66. The summed E-state index contributed by atoms with van der Waals surface area (Å²) in [4.78, 5) is 0. The standard InChI is InChI=1S/C17H19NO3/c1-21-15-7-4-12-8-9-18-14(16(12)17(15)20)10-11-2-5-13(19)6-3-11/h2-7,14,18-20H,8-10H2,1H3. The molecule has 3 rings (SSSR count). The van der Waals surface area contributed by atoms with Gasteiger partial charge in [-0.15, -0.1) is 0 Å². The van der Waals surface area contributed by atoms with Crippen LogP contribution in [0, 0.1) is 0 Å². The maximum absolute atomic E-state index is 10.4. The topological polar surface area (TPSA) is 61.7 Å². The second-order valence-electron chi connectivity index (χ2n) is 5.32. The van der Waals surface area contributed by atoms with E-state index in [1.165, 1.54) is 0 Å². The van der Waals surface area contributed by atoms with Crippen molar-refractivity contribution in [2.45, 2.75) is 18.9 Å². The zero-order chi connectivity index (χ0) is 14.8. The van der Waals surface area contributed by atoms with Gasteiger partial charge in [0.2, 0.25) is 0 Å². The van der Waals surface area contributed by atoms with Gasteiger partial charge in [0, 0.05) is 11.6 Å². The van der Waals surface area contributed by atoms with Crippen LogP contribution >= 0.6 is 0 Å². The van der Waals surface area contributed by atoms with Gasteiger partial charge >= 0.3 is 0 Å². The zero-order valence-corrected chi connectivity index (χ0v) is 12.0. The average Bonchev–Trinajstić information content (AvgIpc) is 2.50. The van der Waals surface area contributed by atoms with E-state index in [1.54, 1.807) is 19.2 Å². The molecular formula is C17H19NO3. The third-order valence-electron chi connectivity index (χ3n) is 4.00. The molecule has 1 aliphatic heterocycles. The second kappa shape index (κ2) is 5.66. The molecule has 0 bridgehead atoms. The number of hydrogen-bond donors (Lipinski definition) is 3. The molecule has 0 spiro atoms. The number of benzene rings is 2. The van der Waals surface area contributed by atoms with E-state index in [0.29, 0.717) is 5.75 Å². The quantitative estimate of drug-likeness (QED) is 0.811. The third kappa shape index (κ3) is 2.67. The van der Waals surface area contributed by atoms with Gasteiger partial charge < -0.3 is 20.3 Å². The SMILES string of the molecule is COc1ccc2c(c1O)C(Cc1ccc(O)cc1)NCC2. The molecule has 1 unspecified atom stereocenters. The minimum absolute atomic E-state index is 0.0494. The van der Waals surface area contributed by atoms with Crippen LogP contribution in [0.15, 0.2) is 36.4 Å². The van der Waals surface area contributed by atoms with Crippen LogP contribution < -0.4 is 10.1 Å². The molecule has 0 amide bonds. The molecule has 0 aliphatic carbocycles. The van der Waals surface area contributed by atoms with Crippen LogP contribution in [0.2, 0.25) is 0 Å². The summed E-state index contributed by atoms with van der Waals surface area (Å²) in [5.41, 5.74) is 3.20. The van der Waals surface area contributed by atoms with Crippen molar-refractivity contribution < 1.29 is 14.9 Å². The molecule has 4 heteroatoms. The van der Waals surface area contributed by atoms with E-state index < -0.39 is 0 Å². The monoisotopic (exact) mass is 285 g/mol. The van der Waals surface area contributed by atoms with Gasteiger partial charge in [0.05, 0.1) is 7.11 Å². The average molecular weight is 285 g/mol. The summed E-state index contributed by atoms with van der Waals surface area (Å²) in [6.45, 7) is 0.890. The molecule has 1 aliphatic rings. The largest absolute Gasteiger partial charge is 0.508 e. The van der Waals surface area contributed by atoms with Crippen molar-refractivity contribution >= 4 is 0 Å². The molecule has 1 heterocycles. The highest BCUT2D eigenvalue weighted by Crippen LogP contribution is 2.39. The smallest absolute Gasteiger partial charge is 0.162 e. The fourth-order valence-corrected chi connectivity index (χ4v) is 2.93. The number of hydrogen-bond acceptors (Lipinski definition) is 4. The number of rotatable bonds is 3. The zero-order valence-electron chi connectivity index (χ0n) is 12.0. The number of ether oxygens (including phenoxy) is 1. The first-order chi connectivity index (χ1) is 10.2. The van der Waals surface area contributed by atoms with Gasteiger partial charge in [0.25, 0.3) is 0 Å². The Bertz CT molecular complexity index is 637. The van der Waals surface area contributed by atoms with Gasteiger partial charge in [0.15, 0.2) is 11.5 Å². The number of aromatic hydroxyl groups is 2. The number of phenolic OH excluding ortho intramolecular Hbond substituents is 2. The van der Waals surface area contributed by atoms with E-state index >= 15 is 0 Å². The van der Waals surface area contributed by atoms with Crippen LogP contribution in [-0.4, -0.2) is 23.9 Å². The Balaban J connectivity index is 1.94. The Labute approximate surface area is 124 Å². The fourth-order valence-electron chi connectivity index (χ4n) is 2.93. The Morgan fingerprint density at radius 1 is 1.14 bits per heavy atom. The van der Waals surface area contributed by atoms with Crippen LogP contribution in [0.4, 0.5) is 0 Å². The van der Waals surface area contributed by atoms with Crippen molar-refractivity contribution in [3.8, 4) is 17.2 Å². The number of nitrogens with one attached hydrogen (secondary N) is 1. The lowest BCUT2D eigenvalue weighted by Crippen LogP contribution is -2.31. The van der Waals surface area contributed by atoms with E-state index in [-0.39, 0.29) is 17.5 Å². The normalized spacial score (nSPS) is 17.3. The van der Waals surface area contributed by atoms with E-state index in [4.69, 9.17) is 4.74 Å². The molecular weight excluding hydrogens is 266 g/mol. The molecule has 4 nitrogen and oxygen atoms in total. The summed E-state index contributed by atoms with van der Waals surface area (Å²) < 4.78 is 5.21. The summed E-state index contributed by atoms with van der Waals surface area (Å²) >= 11 is 0. The second-order valence-corrected chi connectivity index (χ2v) is 5.32. The molecule has 0 saturated carbocycles. The van der Waals surface area contributed by atoms with Crippen molar-refractivity contribution in [3.05, 3.63) is 53.1 Å². The highest BCUT2D eigenvalue weighted by Gasteiger charge is 2.25. The molecule has 2 aromatic carbocycles. The lowest BCUT2D eigenvalue weighted by molar-refractivity contribution is 0.361. The van der Waals surface area contributed by atoms with Crippen LogP contribution in [0.25, 0.3) is 0 Å². The maximum Gasteiger partial charge on any atom is 0.162 e. The first kappa shape index (κ1) is 13.8. The van der Waals surface area contributed by atoms with Gasteiger partial charge in [-0.05, 0) is 48.7 Å². The highest BCUT2D eigenvalue weighted by molar-refractivity contribution is 5.52. The Morgan fingerprint density at radius 2 is 1.90 bits per heavy atom. The van der Waals surface area contributed by atoms with Crippen LogP contribution in [0.1, 0.15) is 22.7 Å². The van der Waals surface area contributed by atoms with E-state index in [0.717, 1.165) is 36.1 Å². The third-order valence-corrected chi connectivity index (χ3v) is 4.00.